The van der Waals surface area contributed by atoms with Crippen molar-refractivity contribution in [3.8, 4) is 0 Å². The summed E-state index contributed by atoms with van der Waals surface area (Å²) in [5.41, 5.74) is 2.30. The Labute approximate surface area is 63.4 Å². The highest BCUT2D eigenvalue weighted by molar-refractivity contribution is 8.06. The molecule has 58 valence electrons. The third kappa shape index (κ3) is 3.47. The van der Waals surface area contributed by atoms with Gasteiger partial charge in [-0.1, -0.05) is 0 Å². The second-order valence-electron chi connectivity index (χ2n) is 1.54. The van der Waals surface area contributed by atoms with Crippen molar-refractivity contribution in [2.45, 2.75) is 13.8 Å². The quantitative estimate of drug-likeness (QED) is 0.270. The lowest BCUT2D eigenvalue weighted by Crippen LogP contribution is -2.17. The summed E-state index contributed by atoms with van der Waals surface area (Å²) in [6.45, 7) is 3.48. The molecule has 0 saturated heterocycles. The molecule has 0 bridgehead atoms. The minimum atomic E-state index is -0.989. The Kier molecular flexibility index (Phi) is 4.96. The van der Waals surface area contributed by atoms with E-state index in [1.165, 1.54) is 0 Å². The zero-order valence-electron chi connectivity index (χ0n) is 6.05. The summed E-state index contributed by atoms with van der Waals surface area (Å²) in [4.78, 5) is 0. The fraction of sp³-hybridized carbons (Fsp3) is 0.600. The van der Waals surface area contributed by atoms with Crippen LogP contribution in [0.3, 0.4) is 0 Å². The Morgan fingerprint density at radius 1 is 1.90 bits per heavy atom. The third-order valence-corrected chi connectivity index (χ3v) is 2.15. The molecule has 0 spiro atoms. The number of hydrazone groups is 1. The number of nitrogens with zero attached hydrogens (tertiary/aromatic N) is 1. The highest BCUT2D eigenvalue weighted by Gasteiger charge is 2.05. The molecule has 5 heteroatoms. The summed E-state index contributed by atoms with van der Waals surface area (Å²) >= 11 is -0.989. The van der Waals surface area contributed by atoms with Crippen LogP contribution in [0.15, 0.2) is 5.10 Å². The van der Waals surface area contributed by atoms with E-state index in [1.807, 2.05) is 6.92 Å². The Morgan fingerprint density at radius 3 is 2.90 bits per heavy atom. The van der Waals surface area contributed by atoms with Gasteiger partial charge in [0.2, 0.25) is 5.04 Å². The van der Waals surface area contributed by atoms with Gasteiger partial charge in [0.25, 0.3) is 0 Å². The molecule has 2 N–H and O–H groups in total. The Hall–Kier alpha value is -0.550. The maximum absolute atomic E-state index is 10.9. The number of rotatable bonds is 3. The fourth-order valence-corrected chi connectivity index (χ4v) is 0.955. The lowest BCUT2D eigenvalue weighted by Gasteiger charge is -2.04. The predicted molar refractivity (Wildman–Crippen MR) is 43.7 cm³/mol. The second-order valence-corrected chi connectivity index (χ2v) is 3.40. The maximum Gasteiger partial charge on any atom is 0.234 e. The molecule has 1 unspecified atom stereocenters. The van der Waals surface area contributed by atoms with Gasteiger partial charge in [0.15, 0.2) is 0 Å². The Bertz CT molecular complexity index is 137. The molecule has 0 fully saturated rings. The molecule has 0 aromatic carbocycles. The predicted octanol–water partition coefficient (Wildman–Crippen LogP) is 0.285. The number of hydrogen-bond acceptors (Lipinski definition) is 3. The van der Waals surface area contributed by atoms with Crippen LogP contribution in [-0.4, -0.2) is 21.7 Å². The van der Waals surface area contributed by atoms with E-state index in [0.717, 1.165) is 6.34 Å². The van der Waals surface area contributed by atoms with Gasteiger partial charge in [0.1, 0.15) is 5.75 Å². The summed E-state index contributed by atoms with van der Waals surface area (Å²) < 4.78 is 10.9. The zero-order valence-corrected chi connectivity index (χ0v) is 6.86. The van der Waals surface area contributed by atoms with E-state index < -0.39 is 11.2 Å². The first-order chi connectivity index (χ1) is 4.72. The van der Waals surface area contributed by atoms with Crippen LogP contribution in [0.4, 0.5) is 0 Å². The molecule has 0 rings (SSSR count). The van der Waals surface area contributed by atoms with Gasteiger partial charge in [-0.3, -0.25) is 10.8 Å². The lowest BCUT2D eigenvalue weighted by molar-refractivity contribution is 0.607. The van der Waals surface area contributed by atoms with Gasteiger partial charge in [0, 0.05) is 18.1 Å². The van der Waals surface area contributed by atoms with Crippen LogP contribution in [0, 0.1) is 5.41 Å². The Morgan fingerprint density at radius 2 is 2.50 bits per heavy atom. The minimum absolute atomic E-state index is 0.519. The fourth-order valence-electron chi connectivity index (χ4n) is 0.383. The maximum atomic E-state index is 10.9. The molecule has 10 heavy (non-hydrogen) atoms. The monoisotopic (exact) mass is 161 g/mol. The summed E-state index contributed by atoms with van der Waals surface area (Å²) in [5.74, 6) is 0.564. The van der Waals surface area contributed by atoms with Gasteiger partial charge in [-0.25, -0.2) is 0 Å². The molecule has 0 aliphatic rings. The molecule has 0 aliphatic carbocycles. The topological polar surface area (TPSA) is 71.3 Å². The van der Waals surface area contributed by atoms with E-state index in [4.69, 9.17) is 5.41 Å². The molecule has 0 saturated carbocycles. The van der Waals surface area contributed by atoms with Crippen LogP contribution < -0.4 is 5.43 Å². The molecule has 0 heterocycles. The molecule has 0 radical (unpaired) electrons. The van der Waals surface area contributed by atoms with Crippen LogP contribution in [0.5, 0.6) is 0 Å². The summed E-state index contributed by atoms with van der Waals surface area (Å²) in [7, 11) is 0. The molecule has 0 amide bonds. The lowest BCUT2D eigenvalue weighted by atomic mass is 10.9. The normalized spacial score (nSPS) is 14.5. The summed E-state index contributed by atoms with van der Waals surface area (Å²) in [5, 5.41) is 10.7. The molecule has 4 nitrogen and oxygen atoms in total. The van der Waals surface area contributed by atoms with Crippen molar-refractivity contribution in [2.75, 3.05) is 5.75 Å². The third-order valence-electron chi connectivity index (χ3n) is 0.878. The highest BCUT2D eigenvalue weighted by atomic mass is 32.2. The zero-order chi connectivity index (χ0) is 7.98. The van der Waals surface area contributed by atoms with Gasteiger partial charge in [0.05, 0.1) is 6.34 Å². The van der Waals surface area contributed by atoms with Crippen molar-refractivity contribution in [1.82, 2.24) is 5.43 Å². The van der Waals surface area contributed by atoms with Gasteiger partial charge in [-0.05, 0) is 6.92 Å². The molecule has 0 aromatic rings. The number of nitrogens with one attached hydrogen (secondary N) is 2. The second kappa shape index (κ2) is 5.25. The summed E-state index contributed by atoms with van der Waals surface area (Å²) in [6, 6.07) is 0. The van der Waals surface area contributed by atoms with E-state index >= 15 is 0 Å². The van der Waals surface area contributed by atoms with Crippen molar-refractivity contribution < 1.29 is 4.55 Å². The van der Waals surface area contributed by atoms with E-state index in [-0.39, 0.29) is 0 Å². The van der Waals surface area contributed by atoms with E-state index in [9.17, 15) is 4.55 Å². The highest BCUT2D eigenvalue weighted by Crippen LogP contribution is 1.91. The van der Waals surface area contributed by atoms with Gasteiger partial charge < -0.3 is 4.55 Å². The summed E-state index contributed by atoms with van der Waals surface area (Å²) in [6.07, 6.45) is 0.941. The molecule has 1 atom stereocenters. The average Bonchev–Trinajstić information content (AvgIpc) is 1.98. The number of hydrogen-bond donors (Lipinski definition) is 2. The van der Waals surface area contributed by atoms with Crippen LogP contribution >= 0.6 is 0 Å². The Balaban J connectivity index is 3.78. The van der Waals surface area contributed by atoms with Gasteiger partial charge in [-0.2, -0.15) is 0 Å². The molecular weight excluding hydrogens is 150 g/mol. The van der Waals surface area contributed by atoms with Gasteiger partial charge >= 0.3 is 0 Å². The standard InChI is InChI=1S/C5H11N3OS/c1-3-10(9)5(2)8-7-4-6/h4H,3H2,1-2H3,(H2,6,7)/b8-5+. The van der Waals surface area contributed by atoms with Crippen molar-refractivity contribution in [3.05, 3.63) is 0 Å². The first-order valence-corrected chi connectivity index (χ1v) is 4.21. The van der Waals surface area contributed by atoms with E-state index in [1.54, 1.807) is 6.92 Å². The van der Waals surface area contributed by atoms with Crippen LogP contribution in [0.2, 0.25) is 0 Å². The van der Waals surface area contributed by atoms with Gasteiger partial charge in [-0.15, -0.1) is 5.10 Å². The van der Waals surface area contributed by atoms with Crippen molar-refractivity contribution in [2.24, 2.45) is 5.10 Å². The van der Waals surface area contributed by atoms with Crippen molar-refractivity contribution in [3.63, 3.8) is 0 Å². The molecular formula is C5H11N3OS. The van der Waals surface area contributed by atoms with Crippen molar-refractivity contribution >= 4 is 22.6 Å². The van der Waals surface area contributed by atoms with E-state index in [2.05, 4.69) is 10.5 Å². The average molecular weight is 161 g/mol. The smallest absolute Gasteiger partial charge is 0.234 e. The van der Waals surface area contributed by atoms with Crippen LogP contribution in [0.1, 0.15) is 13.8 Å². The molecule has 0 aromatic heterocycles. The first kappa shape index (κ1) is 9.45. The largest absolute Gasteiger partial charge is 0.610 e. The minimum Gasteiger partial charge on any atom is -0.610 e. The van der Waals surface area contributed by atoms with Crippen LogP contribution in [0.25, 0.3) is 0 Å². The SMILES string of the molecule is CC[S+]([O-])/C(C)=N/NC=N. The van der Waals surface area contributed by atoms with Crippen molar-refractivity contribution in [1.29, 1.82) is 5.41 Å². The first-order valence-electron chi connectivity index (χ1n) is 2.89. The van der Waals surface area contributed by atoms with Crippen LogP contribution in [-0.2, 0) is 11.2 Å². The molecule has 0 aliphatic heterocycles. The van der Waals surface area contributed by atoms with E-state index in [0.29, 0.717) is 10.8 Å².